The third-order valence-corrected chi connectivity index (χ3v) is 4.27. The second kappa shape index (κ2) is 9.26. The quantitative estimate of drug-likeness (QED) is 0.339. The van der Waals surface area contributed by atoms with E-state index < -0.39 is 15.9 Å². The number of rotatable bonds is 4. The van der Waals surface area contributed by atoms with E-state index in [1.54, 1.807) is 30.3 Å². The van der Waals surface area contributed by atoms with Gasteiger partial charge >= 0.3 is 0 Å². The zero-order chi connectivity index (χ0) is 19.3. The molecule has 1 aromatic heterocycles. The summed E-state index contributed by atoms with van der Waals surface area (Å²) in [5.74, 6) is -0.0696. The van der Waals surface area contributed by atoms with Crippen molar-refractivity contribution >= 4 is 87.1 Å². The first-order valence-electron chi connectivity index (χ1n) is 6.97. The Hall–Kier alpha value is -1.02. The van der Waals surface area contributed by atoms with Crippen LogP contribution in [0.4, 0.5) is 5.82 Å². The fraction of sp³-hybridized carbons (Fsp3) is 0.133. The molecular formula is C15H11Cl5N4OS. The number of benzene rings is 1. The topological polar surface area (TPSA) is 66.1 Å². The third-order valence-electron chi connectivity index (χ3n) is 2.93. The Morgan fingerprint density at radius 3 is 2.38 bits per heavy atom. The van der Waals surface area contributed by atoms with E-state index in [-0.39, 0.29) is 5.11 Å². The smallest absolute Gasteiger partial charge is 0.253 e. The molecule has 0 fully saturated rings. The molecule has 0 aliphatic heterocycles. The van der Waals surface area contributed by atoms with E-state index in [1.807, 2.05) is 0 Å². The average Bonchev–Trinajstić information content (AvgIpc) is 2.55. The summed E-state index contributed by atoms with van der Waals surface area (Å²) in [7, 11) is 0. The van der Waals surface area contributed by atoms with Crippen LogP contribution in [-0.4, -0.2) is 26.0 Å². The van der Waals surface area contributed by atoms with Crippen molar-refractivity contribution in [2.45, 2.75) is 9.96 Å². The third kappa shape index (κ3) is 6.61. The van der Waals surface area contributed by atoms with Crippen LogP contribution >= 0.6 is 70.2 Å². The van der Waals surface area contributed by atoms with E-state index in [0.717, 1.165) is 0 Å². The monoisotopic (exact) mass is 470 g/mol. The Bertz CT molecular complexity index is 797. The van der Waals surface area contributed by atoms with Crippen molar-refractivity contribution in [1.29, 1.82) is 0 Å². The van der Waals surface area contributed by atoms with Gasteiger partial charge in [-0.2, -0.15) is 0 Å². The molecule has 138 valence electrons. The van der Waals surface area contributed by atoms with Crippen LogP contribution in [0.2, 0.25) is 10.0 Å². The first-order valence-corrected chi connectivity index (χ1v) is 9.27. The number of carbonyl (C=O) groups excluding carboxylic acids is 1. The molecule has 1 amide bonds. The summed E-state index contributed by atoms with van der Waals surface area (Å²) in [6, 6.07) is 9.58. The van der Waals surface area contributed by atoms with Crippen molar-refractivity contribution in [2.75, 3.05) is 5.32 Å². The molecule has 0 radical (unpaired) electrons. The normalized spacial score (nSPS) is 12.2. The highest BCUT2D eigenvalue weighted by molar-refractivity contribution is 7.80. The zero-order valence-corrected chi connectivity index (χ0v) is 17.4. The number of thiocarbonyl (C=S) groups is 1. The molecular weight excluding hydrogens is 462 g/mol. The number of alkyl halides is 3. The van der Waals surface area contributed by atoms with Gasteiger partial charge in [-0.15, -0.1) is 0 Å². The van der Waals surface area contributed by atoms with Crippen molar-refractivity contribution < 1.29 is 4.79 Å². The van der Waals surface area contributed by atoms with E-state index in [9.17, 15) is 4.79 Å². The van der Waals surface area contributed by atoms with Gasteiger partial charge in [0.2, 0.25) is 3.79 Å². The molecule has 0 saturated heterocycles. The van der Waals surface area contributed by atoms with Crippen molar-refractivity contribution in [3.8, 4) is 0 Å². The molecule has 0 saturated carbocycles. The molecule has 1 atom stereocenters. The number of nitrogens with zero attached hydrogens (tertiary/aromatic N) is 1. The first kappa shape index (κ1) is 21.3. The lowest BCUT2D eigenvalue weighted by molar-refractivity contribution is 0.0934. The van der Waals surface area contributed by atoms with Gasteiger partial charge < -0.3 is 16.0 Å². The summed E-state index contributed by atoms with van der Waals surface area (Å²) in [6.07, 6.45) is 0.325. The Kier molecular flexibility index (Phi) is 7.58. The van der Waals surface area contributed by atoms with E-state index in [1.165, 1.54) is 12.3 Å². The number of halogens is 5. The van der Waals surface area contributed by atoms with Crippen LogP contribution < -0.4 is 16.0 Å². The van der Waals surface area contributed by atoms with Gasteiger partial charge in [0.25, 0.3) is 5.91 Å². The van der Waals surface area contributed by atoms with E-state index in [0.29, 0.717) is 21.4 Å². The van der Waals surface area contributed by atoms with Gasteiger partial charge in [0.15, 0.2) is 5.11 Å². The van der Waals surface area contributed by atoms with Crippen molar-refractivity contribution in [3.63, 3.8) is 0 Å². The van der Waals surface area contributed by atoms with E-state index >= 15 is 0 Å². The number of aromatic nitrogens is 1. The van der Waals surface area contributed by atoms with Crippen LogP contribution in [0.1, 0.15) is 10.4 Å². The number of hydrogen-bond donors (Lipinski definition) is 3. The number of amides is 1. The van der Waals surface area contributed by atoms with E-state index in [4.69, 9.17) is 70.2 Å². The van der Waals surface area contributed by atoms with Crippen LogP contribution in [0, 0.1) is 0 Å². The number of anilines is 1. The molecule has 1 heterocycles. The predicted octanol–water partition coefficient (Wildman–Crippen LogP) is 4.80. The summed E-state index contributed by atoms with van der Waals surface area (Å²) in [4.78, 5) is 16.4. The van der Waals surface area contributed by atoms with Crippen molar-refractivity contribution in [2.24, 2.45) is 0 Å². The lowest BCUT2D eigenvalue weighted by Crippen LogP contribution is -2.56. The minimum absolute atomic E-state index is 0.0857. The van der Waals surface area contributed by atoms with Gasteiger partial charge in [-0.25, -0.2) is 4.98 Å². The number of hydrogen-bond acceptors (Lipinski definition) is 3. The molecule has 0 aliphatic carbocycles. The minimum atomic E-state index is -1.88. The Labute approximate surface area is 180 Å². The molecule has 0 unspecified atom stereocenters. The molecule has 26 heavy (non-hydrogen) atoms. The van der Waals surface area contributed by atoms with Crippen LogP contribution in [0.15, 0.2) is 42.6 Å². The minimum Gasteiger partial charge on any atom is -0.339 e. The SMILES string of the molecule is O=C(N[C@@H](NC(=S)Nc1ccc(Cl)cn1)C(Cl)(Cl)Cl)c1cccc(Cl)c1. The molecule has 1 aromatic carbocycles. The molecule has 0 aliphatic rings. The van der Waals surface area contributed by atoms with Gasteiger partial charge in [0, 0.05) is 16.8 Å². The maximum atomic E-state index is 12.4. The fourth-order valence-electron chi connectivity index (χ4n) is 1.78. The first-order chi connectivity index (χ1) is 12.1. The van der Waals surface area contributed by atoms with E-state index in [2.05, 4.69) is 20.9 Å². The number of pyridine rings is 1. The molecule has 3 N–H and O–H groups in total. The number of nitrogens with one attached hydrogen (secondary N) is 3. The highest BCUT2D eigenvalue weighted by Gasteiger charge is 2.35. The van der Waals surface area contributed by atoms with Crippen LogP contribution in [0.3, 0.4) is 0 Å². The summed E-state index contributed by atoms with van der Waals surface area (Å²) in [5.41, 5.74) is 0.303. The largest absolute Gasteiger partial charge is 0.339 e. The second-order valence-electron chi connectivity index (χ2n) is 4.92. The Morgan fingerprint density at radius 2 is 1.81 bits per heavy atom. The Morgan fingerprint density at radius 1 is 1.08 bits per heavy atom. The fourth-order valence-corrected chi connectivity index (χ4v) is 2.63. The maximum Gasteiger partial charge on any atom is 0.253 e. The van der Waals surface area contributed by atoms with Gasteiger partial charge in [-0.3, -0.25) is 4.79 Å². The summed E-state index contributed by atoms with van der Waals surface area (Å²) in [6.45, 7) is 0. The molecule has 0 spiro atoms. The van der Waals surface area contributed by atoms with Crippen LogP contribution in [0.25, 0.3) is 0 Å². The standard InChI is InChI=1S/C15H11Cl5N4OS/c16-9-3-1-2-8(6-9)12(25)23-13(15(18,19)20)24-14(26)22-11-5-4-10(17)7-21-11/h1-7,13H,(H,23,25)(H2,21,22,24,26)/t13-/m0/s1. The predicted molar refractivity (Wildman–Crippen MR) is 112 cm³/mol. The Balaban J connectivity index is 2.06. The summed E-state index contributed by atoms with van der Waals surface area (Å²) >= 11 is 34.6. The zero-order valence-electron chi connectivity index (χ0n) is 12.8. The average molecular weight is 473 g/mol. The lowest BCUT2D eigenvalue weighted by Gasteiger charge is -2.27. The lowest BCUT2D eigenvalue weighted by atomic mass is 10.2. The maximum absolute atomic E-state index is 12.4. The molecule has 2 aromatic rings. The number of carbonyl (C=O) groups is 1. The molecule has 11 heteroatoms. The van der Waals surface area contributed by atoms with Gasteiger partial charge in [-0.05, 0) is 42.5 Å². The summed E-state index contributed by atoms with van der Waals surface area (Å²) in [5, 5.41) is 9.04. The van der Waals surface area contributed by atoms with Gasteiger partial charge in [-0.1, -0.05) is 64.1 Å². The molecule has 5 nitrogen and oxygen atoms in total. The highest BCUT2D eigenvalue weighted by Crippen LogP contribution is 2.29. The second-order valence-corrected chi connectivity index (χ2v) is 8.57. The van der Waals surface area contributed by atoms with Crippen molar-refractivity contribution in [1.82, 2.24) is 15.6 Å². The highest BCUT2D eigenvalue weighted by atomic mass is 35.6. The van der Waals surface area contributed by atoms with Crippen LogP contribution in [-0.2, 0) is 0 Å². The van der Waals surface area contributed by atoms with Crippen LogP contribution in [0.5, 0.6) is 0 Å². The van der Waals surface area contributed by atoms with Gasteiger partial charge in [0.05, 0.1) is 5.02 Å². The summed E-state index contributed by atoms with van der Waals surface area (Å²) < 4.78 is -1.88. The molecule has 0 bridgehead atoms. The van der Waals surface area contributed by atoms with Gasteiger partial charge in [0.1, 0.15) is 12.0 Å². The van der Waals surface area contributed by atoms with Crippen molar-refractivity contribution in [3.05, 3.63) is 58.2 Å². The molecule has 2 rings (SSSR count).